The van der Waals surface area contributed by atoms with Gasteiger partial charge in [0, 0.05) is 5.56 Å². The van der Waals surface area contributed by atoms with E-state index in [2.05, 4.69) is 32.8 Å². The molecule has 0 atom stereocenters. The van der Waals surface area contributed by atoms with Crippen LogP contribution in [0.4, 0.5) is 0 Å². The van der Waals surface area contributed by atoms with Gasteiger partial charge in [0.25, 0.3) is 5.56 Å². The zero-order valence-electron chi connectivity index (χ0n) is 11.2. The molecule has 7 heteroatoms. The Balaban J connectivity index is 2.13. The van der Waals surface area contributed by atoms with E-state index in [-0.39, 0.29) is 12.4 Å². The minimum Gasteiger partial charge on any atom is -0.454 e. The summed E-state index contributed by atoms with van der Waals surface area (Å²) in [6.07, 6.45) is 1.72. The van der Waals surface area contributed by atoms with E-state index in [9.17, 15) is 4.79 Å². The third-order valence-electron chi connectivity index (χ3n) is 3.12. The zero-order chi connectivity index (χ0) is 15.0. The van der Waals surface area contributed by atoms with Crippen LogP contribution >= 0.6 is 38.5 Å². The predicted octanol–water partition coefficient (Wildman–Crippen LogP) is 3.49. The molecule has 1 aromatic heterocycles. The molecule has 0 spiro atoms. The Hall–Kier alpha value is -1.09. The monoisotopic (exact) mass is 462 g/mol. The average Bonchev–Trinajstić information content (AvgIpc) is 2.92. The van der Waals surface area contributed by atoms with Crippen LogP contribution < -0.4 is 15.0 Å². The number of rotatable bonds is 3. The zero-order valence-corrected chi connectivity index (χ0v) is 14.9. The first-order chi connectivity index (χ1) is 10.1. The van der Waals surface area contributed by atoms with Gasteiger partial charge in [0.15, 0.2) is 11.5 Å². The van der Waals surface area contributed by atoms with Crippen LogP contribution in [0.1, 0.15) is 19.0 Å². The fraction of sp³-hybridized carbons (Fsp3) is 0.286. The third kappa shape index (κ3) is 2.80. The first kappa shape index (κ1) is 14.8. The minimum absolute atomic E-state index is 0.113. The van der Waals surface area contributed by atoms with E-state index in [0.717, 1.165) is 28.6 Å². The van der Waals surface area contributed by atoms with Crippen molar-refractivity contribution in [1.29, 1.82) is 0 Å². The molecule has 0 amide bonds. The number of hydrogen-bond donors (Lipinski definition) is 1. The molecular weight excluding hydrogens is 451 g/mol. The van der Waals surface area contributed by atoms with Gasteiger partial charge < -0.3 is 14.5 Å². The Morgan fingerprint density at radius 1 is 1.43 bits per heavy atom. The standard InChI is InChI=1S/C14H12BrIN2O3/c1-2-3-9-11(16)14(19)18-13(17-9)7-4-8(15)12-10(5-7)20-6-21-12/h4-5H,2-3,6H2,1H3,(H,17,18,19). The molecule has 5 nitrogen and oxygen atoms in total. The van der Waals surface area contributed by atoms with Gasteiger partial charge in [-0.1, -0.05) is 13.3 Å². The van der Waals surface area contributed by atoms with Gasteiger partial charge in [-0.15, -0.1) is 0 Å². The van der Waals surface area contributed by atoms with E-state index in [1.807, 2.05) is 34.7 Å². The smallest absolute Gasteiger partial charge is 0.264 e. The summed E-state index contributed by atoms with van der Waals surface area (Å²) < 4.78 is 12.2. The van der Waals surface area contributed by atoms with Crippen LogP contribution in [0.5, 0.6) is 11.5 Å². The molecule has 0 aliphatic carbocycles. The molecule has 1 N–H and O–H groups in total. The number of aromatic nitrogens is 2. The predicted molar refractivity (Wildman–Crippen MR) is 90.8 cm³/mol. The van der Waals surface area contributed by atoms with Gasteiger partial charge >= 0.3 is 0 Å². The summed E-state index contributed by atoms with van der Waals surface area (Å²) in [5.41, 5.74) is 1.50. The fourth-order valence-electron chi connectivity index (χ4n) is 2.15. The molecule has 0 saturated carbocycles. The quantitative estimate of drug-likeness (QED) is 0.709. The molecule has 0 saturated heterocycles. The lowest BCUT2D eigenvalue weighted by atomic mass is 10.1. The lowest BCUT2D eigenvalue weighted by Gasteiger charge is -2.08. The van der Waals surface area contributed by atoms with Gasteiger partial charge in [0.2, 0.25) is 6.79 Å². The number of hydrogen-bond acceptors (Lipinski definition) is 4. The first-order valence-electron chi connectivity index (χ1n) is 6.48. The van der Waals surface area contributed by atoms with Gasteiger partial charge in [-0.05, 0) is 57.1 Å². The van der Waals surface area contributed by atoms with Gasteiger partial charge in [-0.2, -0.15) is 0 Å². The number of fused-ring (bicyclic) bond motifs is 1. The maximum absolute atomic E-state index is 12.1. The van der Waals surface area contributed by atoms with Crippen molar-refractivity contribution in [3.05, 3.63) is 36.2 Å². The molecule has 110 valence electrons. The minimum atomic E-state index is -0.113. The Bertz CT molecular complexity index is 761. The molecule has 0 unspecified atom stereocenters. The molecule has 3 rings (SSSR count). The second kappa shape index (κ2) is 5.96. The van der Waals surface area contributed by atoms with Crippen LogP contribution in [-0.4, -0.2) is 16.8 Å². The maximum Gasteiger partial charge on any atom is 0.264 e. The molecule has 2 aromatic rings. The molecular formula is C14H12BrIN2O3. The van der Waals surface area contributed by atoms with Crippen molar-refractivity contribution in [2.24, 2.45) is 0 Å². The highest BCUT2D eigenvalue weighted by molar-refractivity contribution is 14.1. The number of nitrogens with zero attached hydrogens (tertiary/aromatic N) is 1. The number of H-pyrrole nitrogens is 1. The van der Waals surface area contributed by atoms with Gasteiger partial charge in [0.1, 0.15) is 5.82 Å². The van der Waals surface area contributed by atoms with Gasteiger partial charge in [-0.25, -0.2) is 4.98 Å². The summed E-state index contributed by atoms with van der Waals surface area (Å²) in [6.45, 7) is 2.27. The number of aryl methyl sites for hydroxylation is 1. The molecule has 2 heterocycles. The normalized spacial score (nSPS) is 12.7. The van der Waals surface area contributed by atoms with Crippen LogP contribution in [0, 0.1) is 3.57 Å². The van der Waals surface area contributed by atoms with E-state index in [1.165, 1.54) is 0 Å². The van der Waals surface area contributed by atoms with Crippen molar-refractivity contribution in [1.82, 2.24) is 9.97 Å². The van der Waals surface area contributed by atoms with Crippen molar-refractivity contribution in [2.75, 3.05) is 6.79 Å². The van der Waals surface area contributed by atoms with Gasteiger partial charge in [-0.3, -0.25) is 4.79 Å². The van der Waals surface area contributed by atoms with Crippen LogP contribution in [0.15, 0.2) is 21.4 Å². The second-order valence-electron chi connectivity index (χ2n) is 4.62. The van der Waals surface area contributed by atoms with Crippen molar-refractivity contribution in [3.63, 3.8) is 0 Å². The van der Waals surface area contributed by atoms with Gasteiger partial charge in [0.05, 0.1) is 13.7 Å². The Kier molecular flexibility index (Phi) is 4.21. The van der Waals surface area contributed by atoms with Crippen LogP contribution in [0.25, 0.3) is 11.4 Å². The maximum atomic E-state index is 12.1. The molecule has 1 aliphatic rings. The largest absolute Gasteiger partial charge is 0.454 e. The number of benzene rings is 1. The summed E-state index contributed by atoms with van der Waals surface area (Å²) in [5, 5.41) is 0. The summed E-state index contributed by atoms with van der Waals surface area (Å²) >= 11 is 5.49. The summed E-state index contributed by atoms with van der Waals surface area (Å²) in [6, 6.07) is 3.70. The highest BCUT2D eigenvalue weighted by Gasteiger charge is 2.20. The highest BCUT2D eigenvalue weighted by atomic mass is 127. The summed E-state index contributed by atoms with van der Waals surface area (Å²) in [4.78, 5) is 19.5. The number of ether oxygens (including phenoxy) is 2. The molecule has 0 radical (unpaired) electrons. The van der Waals surface area contributed by atoms with Crippen LogP contribution in [-0.2, 0) is 6.42 Å². The first-order valence-corrected chi connectivity index (χ1v) is 8.35. The van der Waals surface area contributed by atoms with E-state index < -0.39 is 0 Å². The lowest BCUT2D eigenvalue weighted by molar-refractivity contribution is 0.173. The van der Waals surface area contributed by atoms with E-state index >= 15 is 0 Å². The molecule has 21 heavy (non-hydrogen) atoms. The van der Waals surface area contributed by atoms with Crippen molar-refractivity contribution in [3.8, 4) is 22.9 Å². The highest BCUT2D eigenvalue weighted by Crippen LogP contribution is 2.41. The second-order valence-corrected chi connectivity index (χ2v) is 6.55. The number of halogens is 2. The van der Waals surface area contributed by atoms with E-state index in [1.54, 1.807) is 0 Å². The van der Waals surface area contributed by atoms with Crippen molar-refractivity contribution < 1.29 is 9.47 Å². The topological polar surface area (TPSA) is 64.2 Å². The molecule has 0 bridgehead atoms. The fourth-order valence-corrected chi connectivity index (χ4v) is 3.23. The number of nitrogens with one attached hydrogen (secondary N) is 1. The van der Waals surface area contributed by atoms with Crippen LogP contribution in [0.3, 0.4) is 0 Å². The van der Waals surface area contributed by atoms with E-state index in [0.29, 0.717) is 20.9 Å². The third-order valence-corrected chi connectivity index (χ3v) is 4.82. The Morgan fingerprint density at radius 3 is 3.00 bits per heavy atom. The molecule has 0 fully saturated rings. The Labute approximate surface area is 143 Å². The summed E-state index contributed by atoms with van der Waals surface area (Å²) in [5.74, 6) is 1.88. The number of aromatic amines is 1. The average molecular weight is 463 g/mol. The SMILES string of the molecule is CCCc1nc(-c2cc(Br)c3c(c2)OCO3)[nH]c(=O)c1I. The lowest BCUT2D eigenvalue weighted by Crippen LogP contribution is -2.16. The van der Waals surface area contributed by atoms with Crippen molar-refractivity contribution in [2.45, 2.75) is 19.8 Å². The van der Waals surface area contributed by atoms with E-state index in [4.69, 9.17) is 9.47 Å². The summed E-state index contributed by atoms with van der Waals surface area (Å²) in [7, 11) is 0. The molecule has 1 aromatic carbocycles. The van der Waals surface area contributed by atoms with Crippen LogP contribution in [0.2, 0.25) is 0 Å². The molecule has 1 aliphatic heterocycles. The van der Waals surface area contributed by atoms with Crippen molar-refractivity contribution >= 4 is 38.5 Å². The Morgan fingerprint density at radius 2 is 2.24 bits per heavy atom.